The molecule has 0 aromatic carbocycles. The maximum Gasteiger partial charge on any atom is 0.331 e. The minimum atomic E-state index is -1.60. The van der Waals surface area contributed by atoms with Crippen molar-refractivity contribution in [3.63, 3.8) is 0 Å². The molecule has 0 amide bonds. The van der Waals surface area contributed by atoms with Crippen LogP contribution in [-0.2, 0) is 23.9 Å². The van der Waals surface area contributed by atoms with Crippen molar-refractivity contribution in [2.24, 2.45) is 5.92 Å². The lowest BCUT2D eigenvalue weighted by atomic mass is 10.0. The summed E-state index contributed by atoms with van der Waals surface area (Å²) >= 11 is 0. The fourth-order valence-electron chi connectivity index (χ4n) is 1.65. The molecule has 0 unspecified atom stereocenters. The molecule has 1 aliphatic rings. The Balaban J connectivity index is 1.99. The number of esters is 2. The van der Waals surface area contributed by atoms with Crippen molar-refractivity contribution in [2.75, 3.05) is 6.61 Å². The van der Waals surface area contributed by atoms with Crippen LogP contribution in [0.4, 0.5) is 0 Å². The summed E-state index contributed by atoms with van der Waals surface area (Å²) in [5.74, 6) is -5.16. The SMILES string of the molecule is CC1(C)OC(=O)C(C(=O)COc2cccnc2)C(=O)O1. The van der Waals surface area contributed by atoms with Gasteiger partial charge >= 0.3 is 11.9 Å². The van der Waals surface area contributed by atoms with Gasteiger partial charge in [-0.1, -0.05) is 0 Å². The molecular formula is C13H13NO6. The van der Waals surface area contributed by atoms with E-state index in [0.29, 0.717) is 5.75 Å². The average molecular weight is 279 g/mol. The summed E-state index contributed by atoms with van der Waals surface area (Å²) in [5.41, 5.74) is 0. The number of hydrogen-bond acceptors (Lipinski definition) is 7. The molecule has 106 valence electrons. The molecule has 2 rings (SSSR count). The molecule has 0 aliphatic carbocycles. The van der Waals surface area contributed by atoms with Gasteiger partial charge in [-0.25, -0.2) is 0 Å². The molecule has 20 heavy (non-hydrogen) atoms. The number of Topliss-reactive ketones (excluding diaryl/α,β-unsaturated/α-hetero) is 1. The van der Waals surface area contributed by atoms with E-state index in [2.05, 4.69) is 4.98 Å². The highest BCUT2D eigenvalue weighted by molar-refractivity contribution is 6.16. The van der Waals surface area contributed by atoms with E-state index in [1.807, 2.05) is 0 Å². The number of hydrogen-bond donors (Lipinski definition) is 0. The highest BCUT2D eigenvalue weighted by Crippen LogP contribution is 2.23. The second kappa shape index (κ2) is 5.28. The van der Waals surface area contributed by atoms with E-state index in [4.69, 9.17) is 14.2 Å². The molecule has 1 fully saturated rings. The highest BCUT2D eigenvalue weighted by atomic mass is 16.7. The van der Waals surface area contributed by atoms with Gasteiger partial charge in [0.25, 0.3) is 5.79 Å². The third-order valence-corrected chi connectivity index (χ3v) is 2.50. The summed E-state index contributed by atoms with van der Waals surface area (Å²) in [4.78, 5) is 39.0. The largest absolute Gasteiger partial charge is 0.484 e. The smallest absolute Gasteiger partial charge is 0.331 e. The van der Waals surface area contributed by atoms with E-state index in [0.717, 1.165) is 0 Å². The Hall–Kier alpha value is -2.44. The third-order valence-electron chi connectivity index (χ3n) is 2.50. The van der Waals surface area contributed by atoms with Crippen LogP contribution in [0.25, 0.3) is 0 Å². The van der Waals surface area contributed by atoms with Crippen LogP contribution in [0, 0.1) is 5.92 Å². The molecule has 1 saturated heterocycles. The maximum atomic E-state index is 11.9. The normalized spacial score (nSPS) is 18.1. The molecule has 0 saturated carbocycles. The fourth-order valence-corrected chi connectivity index (χ4v) is 1.65. The average Bonchev–Trinajstić information content (AvgIpc) is 2.35. The summed E-state index contributed by atoms with van der Waals surface area (Å²) in [6, 6.07) is 3.23. The number of pyridine rings is 1. The van der Waals surface area contributed by atoms with E-state index >= 15 is 0 Å². The Kier molecular flexibility index (Phi) is 3.69. The number of rotatable bonds is 4. The number of aromatic nitrogens is 1. The van der Waals surface area contributed by atoms with Crippen LogP contribution < -0.4 is 4.74 Å². The molecule has 0 bridgehead atoms. The van der Waals surface area contributed by atoms with E-state index in [9.17, 15) is 14.4 Å². The lowest BCUT2D eigenvalue weighted by Crippen LogP contribution is -2.50. The lowest BCUT2D eigenvalue weighted by molar-refractivity contribution is -0.238. The molecule has 1 aromatic rings. The van der Waals surface area contributed by atoms with Gasteiger partial charge in [-0.3, -0.25) is 19.4 Å². The Labute approximate surface area is 114 Å². The van der Waals surface area contributed by atoms with Crippen molar-refractivity contribution < 1.29 is 28.6 Å². The standard InChI is InChI=1S/C13H13NO6/c1-13(2)19-11(16)10(12(17)20-13)9(15)7-18-8-4-3-5-14-6-8/h3-6,10H,7H2,1-2H3. The van der Waals surface area contributed by atoms with E-state index in [1.54, 1.807) is 18.3 Å². The van der Waals surface area contributed by atoms with Crippen LogP contribution in [0.1, 0.15) is 13.8 Å². The highest BCUT2D eigenvalue weighted by Gasteiger charge is 2.47. The van der Waals surface area contributed by atoms with Gasteiger partial charge in [0, 0.05) is 20.0 Å². The van der Waals surface area contributed by atoms with Crippen LogP contribution >= 0.6 is 0 Å². The molecule has 0 atom stereocenters. The molecule has 7 heteroatoms. The monoisotopic (exact) mass is 279 g/mol. The fraction of sp³-hybridized carbons (Fsp3) is 0.385. The predicted molar refractivity (Wildman–Crippen MR) is 64.5 cm³/mol. The summed E-state index contributed by atoms with van der Waals surface area (Å²) in [6.07, 6.45) is 2.96. The quantitative estimate of drug-likeness (QED) is 0.584. The van der Waals surface area contributed by atoms with Gasteiger partial charge in [0.15, 0.2) is 5.78 Å². The van der Waals surface area contributed by atoms with Gasteiger partial charge in [-0.2, -0.15) is 0 Å². The second-order valence-electron chi connectivity index (χ2n) is 4.62. The van der Waals surface area contributed by atoms with Gasteiger partial charge in [-0.15, -0.1) is 0 Å². The van der Waals surface area contributed by atoms with Crippen molar-refractivity contribution in [3.8, 4) is 5.75 Å². The van der Waals surface area contributed by atoms with Crippen molar-refractivity contribution in [1.82, 2.24) is 4.98 Å². The Bertz CT molecular complexity index is 519. The van der Waals surface area contributed by atoms with Crippen LogP contribution in [0.2, 0.25) is 0 Å². The topological polar surface area (TPSA) is 91.8 Å². The summed E-state index contributed by atoms with van der Waals surface area (Å²) in [6.45, 7) is 2.38. The van der Waals surface area contributed by atoms with E-state index < -0.39 is 36.0 Å². The van der Waals surface area contributed by atoms with Crippen molar-refractivity contribution in [1.29, 1.82) is 0 Å². The van der Waals surface area contributed by atoms with E-state index in [1.165, 1.54) is 20.0 Å². The Morgan fingerprint density at radius 3 is 2.55 bits per heavy atom. The first-order valence-corrected chi connectivity index (χ1v) is 5.90. The molecule has 2 heterocycles. The van der Waals surface area contributed by atoms with Gasteiger partial charge in [0.05, 0.1) is 6.20 Å². The van der Waals surface area contributed by atoms with Crippen molar-refractivity contribution in [2.45, 2.75) is 19.6 Å². The van der Waals surface area contributed by atoms with Gasteiger partial charge < -0.3 is 14.2 Å². The van der Waals surface area contributed by atoms with Crippen LogP contribution in [0.3, 0.4) is 0 Å². The summed E-state index contributed by atoms with van der Waals surface area (Å²) < 4.78 is 14.9. The zero-order chi connectivity index (χ0) is 14.8. The molecule has 1 aliphatic heterocycles. The minimum Gasteiger partial charge on any atom is -0.484 e. The Morgan fingerprint density at radius 1 is 1.35 bits per heavy atom. The number of ketones is 1. The van der Waals surface area contributed by atoms with Gasteiger partial charge in [0.1, 0.15) is 12.4 Å². The summed E-state index contributed by atoms with van der Waals surface area (Å²) in [5, 5.41) is 0. The first kappa shape index (κ1) is 14.0. The predicted octanol–water partition coefficient (Wildman–Crippen LogP) is 0.482. The first-order valence-electron chi connectivity index (χ1n) is 5.90. The minimum absolute atomic E-state index is 0.360. The maximum absolute atomic E-state index is 11.9. The number of nitrogens with zero attached hydrogens (tertiary/aromatic N) is 1. The number of ether oxygens (including phenoxy) is 3. The molecule has 0 radical (unpaired) electrons. The van der Waals surface area contributed by atoms with Crippen LogP contribution in [0.5, 0.6) is 5.75 Å². The van der Waals surface area contributed by atoms with Gasteiger partial charge in [0.2, 0.25) is 5.92 Å². The van der Waals surface area contributed by atoms with Crippen molar-refractivity contribution >= 4 is 17.7 Å². The first-order chi connectivity index (χ1) is 9.39. The number of cyclic esters (lactones) is 2. The van der Waals surface area contributed by atoms with Crippen LogP contribution in [0.15, 0.2) is 24.5 Å². The summed E-state index contributed by atoms with van der Waals surface area (Å²) in [7, 11) is 0. The zero-order valence-electron chi connectivity index (χ0n) is 11.0. The Morgan fingerprint density at radius 2 is 2.00 bits per heavy atom. The molecule has 0 spiro atoms. The van der Waals surface area contributed by atoms with E-state index in [-0.39, 0.29) is 0 Å². The van der Waals surface area contributed by atoms with Crippen molar-refractivity contribution in [3.05, 3.63) is 24.5 Å². The zero-order valence-corrected chi connectivity index (χ0v) is 11.0. The molecular weight excluding hydrogens is 266 g/mol. The van der Waals surface area contributed by atoms with Gasteiger partial charge in [-0.05, 0) is 12.1 Å². The lowest BCUT2D eigenvalue weighted by Gasteiger charge is -2.32. The number of carbonyl (C=O) groups excluding carboxylic acids is 3. The molecule has 7 nitrogen and oxygen atoms in total. The second-order valence-corrected chi connectivity index (χ2v) is 4.62. The third kappa shape index (κ3) is 3.11. The molecule has 1 aromatic heterocycles. The van der Waals surface area contributed by atoms with Crippen LogP contribution in [-0.4, -0.2) is 35.1 Å². The number of carbonyl (C=O) groups is 3. The molecule has 0 N–H and O–H groups in total.